The highest BCUT2D eigenvalue weighted by molar-refractivity contribution is 5.94. The van der Waals surface area contributed by atoms with E-state index in [-0.39, 0.29) is 18.1 Å². The molecule has 5 nitrogen and oxygen atoms in total. The molecule has 1 aromatic rings. The molecule has 0 saturated heterocycles. The number of amides is 1. The normalized spacial score (nSPS) is 13.4. The molecule has 2 N–H and O–H groups in total. The second kappa shape index (κ2) is 5.48. The number of nitrogens with one attached hydrogen (secondary N) is 2. The predicted molar refractivity (Wildman–Crippen MR) is 72.6 cm³/mol. The van der Waals surface area contributed by atoms with Crippen LogP contribution < -0.4 is 20.1 Å². The number of hydrogen-bond donors (Lipinski definition) is 2. The second-order valence-electron chi connectivity index (χ2n) is 5.45. The van der Waals surface area contributed by atoms with Gasteiger partial charge in [0.15, 0.2) is 11.5 Å². The third kappa shape index (κ3) is 3.38. The first-order valence-electron chi connectivity index (χ1n) is 6.34. The summed E-state index contributed by atoms with van der Waals surface area (Å²) in [6, 6.07) is 5.21. The van der Waals surface area contributed by atoms with Crippen LogP contribution in [0.25, 0.3) is 0 Å². The Hall–Kier alpha value is -1.75. The van der Waals surface area contributed by atoms with E-state index in [1.807, 2.05) is 7.05 Å². The van der Waals surface area contributed by atoms with E-state index < -0.39 is 0 Å². The van der Waals surface area contributed by atoms with E-state index in [1.165, 1.54) is 0 Å². The lowest BCUT2D eigenvalue weighted by Gasteiger charge is -2.24. The fourth-order valence-electron chi connectivity index (χ4n) is 2.00. The lowest BCUT2D eigenvalue weighted by molar-refractivity contribution is 0.0936. The fraction of sp³-hybridized carbons (Fsp3) is 0.500. The van der Waals surface area contributed by atoms with Crippen LogP contribution in [0.2, 0.25) is 0 Å². The van der Waals surface area contributed by atoms with Crippen molar-refractivity contribution < 1.29 is 14.3 Å². The topological polar surface area (TPSA) is 59.6 Å². The second-order valence-corrected chi connectivity index (χ2v) is 5.45. The predicted octanol–water partition coefficient (Wildman–Crippen LogP) is 1.39. The van der Waals surface area contributed by atoms with E-state index in [9.17, 15) is 4.79 Å². The van der Waals surface area contributed by atoms with Crippen molar-refractivity contribution in [3.63, 3.8) is 0 Å². The van der Waals surface area contributed by atoms with Crippen molar-refractivity contribution in [3.05, 3.63) is 23.8 Å². The Morgan fingerprint density at radius 2 is 2.00 bits per heavy atom. The molecule has 104 valence electrons. The van der Waals surface area contributed by atoms with Crippen LogP contribution in [0.5, 0.6) is 11.5 Å². The molecule has 0 spiro atoms. The van der Waals surface area contributed by atoms with Crippen LogP contribution >= 0.6 is 0 Å². The average molecular weight is 264 g/mol. The van der Waals surface area contributed by atoms with Gasteiger partial charge in [-0.15, -0.1) is 0 Å². The maximum Gasteiger partial charge on any atom is 0.251 e. The van der Waals surface area contributed by atoms with E-state index in [0.29, 0.717) is 23.6 Å². The molecule has 0 aromatic heterocycles. The Morgan fingerprint density at radius 1 is 1.26 bits per heavy atom. The van der Waals surface area contributed by atoms with Crippen molar-refractivity contribution in [2.45, 2.75) is 13.8 Å². The van der Waals surface area contributed by atoms with Crippen molar-refractivity contribution in [1.82, 2.24) is 10.6 Å². The van der Waals surface area contributed by atoms with Crippen LogP contribution in [-0.4, -0.2) is 32.8 Å². The van der Waals surface area contributed by atoms with Crippen LogP contribution in [0.1, 0.15) is 24.2 Å². The molecule has 0 unspecified atom stereocenters. The first-order chi connectivity index (χ1) is 9.02. The summed E-state index contributed by atoms with van der Waals surface area (Å²) >= 11 is 0. The summed E-state index contributed by atoms with van der Waals surface area (Å²) < 4.78 is 10.5. The molecule has 1 aromatic carbocycles. The quantitative estimate of drug-likeness (QED) is 0.843. The van der Waals surface area contributed by atoms with E-state index in [2.05, 4.69) is 24.5 Å². The lowest BCUT2D eigenvalue weighted by Crippen LogP contribution is -2.39. The van der Waals surface area contributed by atoms with Crippen molar-refractivity contribution in [2.75, 3.05) is 26.9 Å². The Morgan fingerprint density at radius 3 is 2.74 bits per heavy atom. The van der Waals surface area contributed by atoms with Crippen molar-refractivity contribution in [1.29, 1.82) is 0 Å². The summed E-state index contributed by atoms with van der Waals surface area (Å²) in [5, 5.41) is 6.06. The van der Waals surface area contributed by atoms with Crippen molar-refractivity contribution >= 4 is 5.91 Å². The molecule has 0 bridgehead atoms. The number of ether oxygens (including phenoxy) is 2. The zero-order valence-corrected chi connectivity index (χ0v) is 11.6. The number of benzene rings is 1. The largest absolute Gasteiger partial charge is 0.454 e. The van der Waals surface area contributed by atoms with E-state index in [4.69, 9.17) is 9.47 Å². The van der Waals surface area contributed by atoms with Gasteiger partial charge in [-0.25, -0.2) is 0 Å². The van der Waals surface area contributed by atoms with Gasteiger partial charge in [0.1, 0.15) is 0 Å². The van der Waals surface area contributed by atoms with Crippen molar-refractivity contribution in [2.24, 2.45) is 5.41 Å². The number of fused-ring (bicyclic) bond motifs is 1. The number of rotatable bonds is 5. The summed E-state index contributed by atoms with van der Waals surface area (Å²) in [6.45, 7) is 5.87. The summed E-state index contributed by atoms with van der Waals surface area (Å²) in [5.74, 6) is 1.22. The minimum Gasteiger partial charge on any atom is -0.454 e. The van der Waals surface area contributed by atoms with E-state index in [0.717, 1.165) is 6.54 Å². The number of carbonyl (C=O) groups excluding carboxylic acids is 1. The smallest absolute Gasteiger partial charge is 0.251 e. The summed E-state index contributed by atoms with van der Waals surface area (Å²) in [7, 11) is 1.90. The number of hydrogen-bond acceptors (Lipinski definition) is 4. The van der Waals surface area contributed by atoms with Gasteiger partial charge in [0.25, 0.3) is 5.91 Å². The molecule has 0 saturated carbocycles. The van der Waals surface area contributed by atoms with Gasteiger partial charge in [-0.05, 0) is 30.7 Å². The maximum atomic E-state index is 12.1. The minimum absolute atomic E-state index is 0.0146. The molecule has 5 heteroatoms. The molecular formula is C14H20N2O3. The van der Waals surface area contributed by atoms with Crippen LogP contribution in [0.15, 0.2) is 18.2 Å². The fourth-order valence-corrected chi connectivity index (χ4v) is 2.00. The molecular weight excluding hydrogens is 244 g/mol. The highest BCUT2D eigenvalue weighted by Crippen LogP contribution is 2.32. The molecule has 2 rings (SSSR count). The lowest BCUT2D eigenvalue weighted by atomic mass is 9.93. The van der Waals surface area contributed by atoms with Gasteiger partial charge in [0, 0.05) is 18.7 Å². The average Bonchev–Trinajstić information content (AvgIpc) is 2.83. The molecule has 0 radical (unpaired) electrons. The van der Waals surface area contributed by atoms with Crippen LogP contribution in [-0.2, 0) is 0 Å². The van der Waals surface area contributed by atoms with Gasteiger partial charge >= 0.3 is 0 Å². The number of carbonyl (C=O) groups is 1. The Bertz CT molecular complexity index is 472. The van der Waals surface area contributed by atoms with Gasteiger partial charge < -0.3 is 20.1 Å². The molecule has 19 heavy (non-hydrogen) atoms. The molecule has 0 aliphatic carbocycles. The van der Waals surface area contributed by atoms with E-state index in [1.54, 1.807) is 18.2 Å². The Kier molecular flexibility index (Phi) is 3.95. The van der Waals surface area contributed by atoms with Gasteiger partial charge in [-0.1, -0.05) is 13.8 Å². The Balaban J connectivity index is 1.97. The van der Waals surface area contributed by atoms with Gasteiger partial charge in [0.05, 0.1) is 0 Å². The molecule has 0 atom stereocenters. The summed E-state index contributed by atoms with van der Waals surface area (Å²) in [4.78, 5) is 12.1. The zero-order chi connectivity index (χ0) is 13.9. The molecule has 0 fully saturated rings. The standard InChI is InChI=1S/C14H20N2O3/c1-14(2,7-15-3)8-16-13(17)10-4-5-11-12(6-10)19-9-18-11/h4-6,15H,7-9H2,1-3H3,(H,16,17). The zero-order valence-electron chi connectivity index (χ0n) is 11.6. The minimum atomic E-state index is -0.0949. The summed E-state index contributed by atoms with van der Waals surface area (Å²) in [6.07, 6.45) is 0. The third-order valence-electron chi connectivity index (χ3n) is 3.02. The van der Waals surface area contributed by atoms with Crippen LogP contribution in [0.3, 0.4) is 0 Å². The molecule has 1 aliphatic heterocycles. The van der Waals surface area contributed by atoms with Crippen molar-refractivity contribution in [3.8, 4) is 11.5 Å². The van der Waals surface area contributed by atoms with Gasteiger partial charge in [-0.3, -0.25) is 4.79 Å². The Labute approximate surface area is 113 Å². The molecule has 1 heterocycles. The van der Waals surface area contributed by atoms with Gasteiger partial charge in [-0.2, -0.15) is 0 Å². The molecule has 1 amide bonds. The SMILES string of the molecule is CNCC(C)(C)CNC(=O)c1ccc2c(c1)OCO2. The summed E-state index contributed by atoms with van der Waals surface area (Å²) in [5.41, 5.74) is 0.602. The van der Waals surface area contributed by atoms with Crippen LogP contribution in [0, 0.1) is 5.41 Å². The van der Waals surface area contributed by atoms with Gasteiger partial charge in [0.2, 0.25) is 6.79 Å². The molecule has 1 aliphatic rings. The van der Waals surface area contributed by atoms with E-state index >= 15 is 0 Å². The first-order valence-corrected chi connectivity index (χ1v) is 6.34. The van der Waals surface area contributed by atoms with Crippen LogP contribution in [0.4, 0.5) is 0 Å². The highest BCUT2D eigenvalue weighted by atomic mass is 16.7. The monoisotopic (exact) mass is 264 g/mol. The third-order valence-corrected chi connectivity index (χ3v) is 3.02. The highest BCUT2D eigenvalue weighted by Gasteiger charge is 2.20. The maximum absolute atomic E-state index is 12.1. The first kappa shape index (κ1) is 13.7.